The van der Waals surface area contributed by atoms with Crippen LogP contribution in [-0.2, 0) is 20.0 Å². The molecular formula is C32H30N2O6S2. The van der Waals surface area contributed by atoms with E-state index in [0.29, 0.717) is 28.3 Å². The van der Waals surface area contributed by atoms with Crippen molar-refractivity contribution in [3.05, 3.63) is 115 Å². The molecule has 0 saturated carbocycles. The average molecular weight is 603 g/mol. The molecule has 5 rings (SSSR count). The number of benzene rings is 5. The molecular weight excluding hydrogens is 572 g/mol. The maximum Gasteiger partial charge on any atom is 0.261 e. The number of nitrogens with zero attached hydrogens (tertiary/aromatic N) is 1. The molecule has 0 aliphatic rings. The first-order valence-electron chi connectivity index (χ1n) is 13.2. The van der Waals surface area contributed by atoms with Gasteiger partial charge < -0.3 is 9.47 Å². The van der Waals surface area contributed by atoms with E-state index in [1.807, 2.05) is 37.3 Å². The third-order valence-corrected chi connectivity index (χ3v) is 9.75. The van der Waals surface area contributed by atoms with Gasteiger partial charge in [0.05, 0.1) is 34.8 Å². The summed E-state index contributed by atoms with van der Waals surface area (Å²) in [4.78, 5) is 0.0376. The van der Waals surface area contributed by atoms with Crippen molar-refractivity contribution in [1.82, 2.24) is 0 Å². The highest BCUT2D eigenvalue weighted by atomic mass is 32.2. The minimum atomic E-state index is -4.11. The molecule has 0 fully saturated rings. The lowest BCUT2D eigenvalue weighted by molar-refractivity contribution is 0.413. The van der Waals surface area contributed by atoms with Gasteiger partial charge in [-0.05, 0) is 73.8 Å². The van der Waals surface area contributed by atoms with Crippen LogP contribution >= 0.6 is 0 Å². The van der Waals surface area contributed by atoms with Crippen molar-refractivity contribution in [2.75, 3.05) is 21.9 Å². The van der Waals surface area contributed by atoms with Gasteiger partial charge in [-0.15, -0.1) is 0 Å². The molecule has 0 heterocycles. The third-order valence-electron chi connectivity index (χ3n) is 6.69. The number of hydrogen-bond donors (Lipinski definition) is 1. The molecule has 8 nitrogen and oxygen atoms in total. The lowest BCUT2D eigenvalue weighted by Crippen LogP contribution is -2.29. The molecule has 0 saturated heterocycles. The number of anilines is 3. The van der Waals surface area contributed by atoms with E-state index in [1.54, 1.807) is 74.7 Å². The van der Waals surface area contributed by atoms with Crippen LogP contribution in [0.25, 0.3) is 10.8 Å². The smallest absolute Gasteiger partial charge is 0.261 e. The molecule has 0 spiro atoms. The van der Waals surface area contributed by atoms with E-state index in [1.165, 1.54) is 22.5 Å². The van der Waals surface area contributed by atoms with Crippen molar-refractivity contribution in [3.63, 3.8) is 0 Å². The van der Waals surface area contributed by atoms with E-state index in [0.717, 1.165) is 10.9 Å². The Labute approximate surface area is 246 Å². The number of ether oxygens (including phenoxy) is 2. The largest absolute Gasteiger partial charge is 0.497 e. The summed E-state index contributed by atoms with van der Waals surface area (Å²) >= 11 is 0. The zero-order valence-corrected chi connectivity index (χ0v) is 24.9. The Hall–Kier alpha value is -4.54. The Morgan fingerprint density at radius 3 is 2.05 bits per heavy atom. The Morgan fingerprint density at radius 1 is 0.714 bits per heavy atom. The highest BCUT2D eigenvalue weighted by molar-refractivity contribution is 7.93. The second kappa shape index (κ2) is 11.8. The van der Waals surface area contributed by atoms with Gasteiger partial charge in [-0.2, -0.15) is 0 Å². The van der Waals surface area contributed by atoms with Crippen LogP contribution in [-0.4, -0.2) is 29.7 Å². The van der Waals surface area contributed by atoms with Crippen molar-refractivity contribution in [2.45, 2.75) is 18.7 Å². The lowest BCUT2D eigenvalue weighted by atomic mass is 10.1. The van der Waals surface area contributed by atoms with E-state index in [-0.39, 0.29) is 22.0 Å². The Kier molecular flexibility index (Phi) is 8.11. The van der Waals surface area contributed by atoms with Gasteiger partial charge in [0.25, 0.3) is 10.0 Å². The van der Waals surface area contributed by atoms with Crippen LogP contribution in [0.1, 0.15) is 12.5 Å². The van der Waals surface area contributed by atoms with Gasteiger partial charge in [0.1, 0.15) is 17.2 Å². The van der Waals surface area contributed by atoms with E-state index in [4.69, 9.17) is 9.47 Å². The summed E-state index contributed by atoms with van der Waals surface area (Å²) in [5, 5.41) is 1.54. The molecule has 5 aromatic rings. The summed E-state index contributed by atoms with van der Waals surface area (Å²) in [5.41, 5.74) is 1.47. The van der Waals surface area contributed by atoms with E-state index in [2.05, 4.69) is 4.72 Å². The maximum absolute atomic E-state index is 13.7. The highest BCUT2D eigenvalue weighted by Gasteiger charge is 2.29. The van der Waals surface area contributed by atoms with Crippen LogP contribution in [0, 0.1) is 6.92 Å². The maximum atomic E-state index is 13.7. The molecule has 0 aliphatic heterocycles. The first-order chi connectivity index (χ1) is 20.1. The van der Waals surface area contributed by atoms with Crippen molar-refractivity contribution >= 4 is 47.9 Å². The minimum Gasteiger partial charge on any atom is -0.497 e. The van der Waals surface area contributed by atoms with Crippen LogP contribution in [0.15, 0.2) is 114 Å². The van der Waals surface area contributed by atoms with Gasteiger partial charge in [0.15, 0.2) is 0 Å². The highest BCUT2D eigenvalue weighted by Crippen LogP contribution is 2.41. The SMILES string of the molecule is CCS(=O)(=O)N(c1ccc(Oc2ccc(OC)cc2)cc1NS(=O)(=O)c1ccc(C)cc1)c1cccc2ccccc12. The van der Waals surface area contributed by atoms with E-state index in [9.17, 15) is 16.8 Å². The Bertz CT molecular complexity index is 1940. The van der Waals surface area contributed by atoms with Gasteiger partial charge in [0, 0.05) is 11.5 Å². The van der Waals surface area contributed by atoms with E-state index >= 15 is 0 Å². The van der Waals surface area contributed by atoms with Crippen molar-refractivity contribution in [2.24, 2.45) is 0 Å². The first-order valence-corrected chi connectivity index (χ1v) is 16.3. The predicted octanol–water partition coefficient (Wildman–Crippen LogP) is 7.24. The fourth-order valence-corrected chi connectivity index (χ4v) is 6.72. The normalized spacial score (nSPS) is 11.7. The lowest BCUT2D eigenvalue weighted by Gasteiger charge is -2.28. The summed E-state index contributed by atoms with van der Waals surface area (Å²) in [6, 6.07) is 30.7. The number of fused-ring (bicyclic) bond motifs is 1. The molecule has 0 bridgehead atoms. The second-order valence-electron chi connectivity index (χ2n) is 9.54. The molecule has 42 heavy (non-hydrogen) atoms. The molecule has 0 aromatic heterocycles. The quantitative estimate of drug-likeness (QED) is 0.181. The molecule has 216 valence electrons. The average Bonchev–Trinajstić information content (AvgIpc) is 2.99. The van der Waals surface area contributed by atoms with Crippen molar-refractivity contribution in [1.29, 1.82) is 0 Å². The zero-order chi connectivity index (χ0) is 29.9. The monoisotopic (exact) mass is 602 g/mol. The topological polar surface area (TPSA) is 102 Å². The summed E-state index contributed by atoms with van der Waals surface area (Å²) in [5.74, 6) is 1.23. The van der Waals surface area contributed by atoms with Gasteiger partial charge in [-0.25, -0.2) is 21.1 Å². The number of aryl methyl sites for hydroxylation is 1. The van der Waals surface area contributed by atoms with Gasteiger partial charge in [-0.3, -0.25) is 4.72 Å². The molecule has 10 heteroatoms. The van der Waals surface area contributed by atoms with Crippen LogP contribution < -0.4 is 18.5 Å². The molecule has 5 aromatic carbocycles. The standard InChI is InChI=1S/C32H30N2O6S2/c1-4-41(35,36)34(31-11-7-9-24-8-5-6-10-29(24)31)32-21-18-27(40-26-16-14-25(39-3)15-17-26)22-30(32)33-42(37,38)28-19-12-23(2)13-20-28/h5-22,33H,4H2,1-3H3. The van der Waals surface area contributed by atoms with Gasteiger partial charge in [0.2, 0.25) is 10.0 Å². The third kappa shape index (κ3) is 6.05. The fraction of sp³-hybridized carbons (Fsp3) is 0.125. The zero-order valence-electron chi connectivity index (χ0n) is 23.3. The molecule has 0 aliphatic carbocycles. The molecule has 0 amide bonds. The molecule has 1 N–H and O–H groups in total. The summed E-state index contributed by atoms with van der Waals surface area (Å²) < 4.78 is 69.6. The number of hydrogen-bond acceptors (Lipinski definition) is 6. The molecule has 0 atom stereocenters. The summed E-state index contributed by atoms with van der Waals surface area (Å²) in [6.45, 7) is 3.41. The second-order valence-corrected chi connectivity index (χ2v) is 13.3. The predicted molar refractivity (Wildman–Crippen MR) is 167 cm³/mol. The molecule has 0 radical (unpaired) electrons. The summed E-state index contributed by atoms with van der Waals surface area (Å²) in [7, 11) is -6.48. The number of rotatable bonds is 10. The molecule has 0 unspecified atom stereocenters. The minimum absolute atomic E-state index is 0.0338. The van der Waals surface area contributed by atoms with E-state index < -0.39 is 20.0 Å². The van der Waals surface area contributed by atoms with Crippen LogP contribution in [0.4, 0.5) is 17.1 Å². The van der Waals surface area contributed by atoms with Crippen molar-refractivity contribution in [3.8, 4) is 17.2 Å². The van der Waals surface area contributed by atoms with Crippen molar-refractivity contribution < 1.29 is 26.3 Å². The number of sulfonamides is 2. The number of nitrogens with one attached hydrogen (secondary N) is 1. The van der Waals surface area contributed by atoms with Crippen LogP contribution in [0.3, 0.4) is 0 Å². The van der Waals surface area contributed by atoms with Crippen LogP contribution in [0.2, 0.25) is 0 Å². The van der Waals surface area contributed by atoms with Crippen LogP contribution in [0.5, 0.6) is 17.2 Å². The van der Waals surface area contributed by atoms with Gasteiger partial charge in [-0.1, -0.05) is 54.1 Å². The first kappa shape index (κ1) is 29.0. The summed E-state index contributed by atoms with van der Waals surface area (Å²) in [6.07, 6.45) is 0. The Morgan fingerprint density at radius 2 is 1.36 bits per heavy atom. The van der Waals surface area contributed by atoms with Gasteiger partial charge >= 0.3 is 0 Å². The number of methoxy groups -OCH3 is 1. The fourth-order valence-electron chi connectivity index (χ4n) is 4.48. The Balaban J connectivity index is 1.69.